The lowest BCUT2D eigenvalue weighted by atomic mass is 9.94. The van der Waals surface area contributed by atoms with Crippen molar-refractivity contribution in [3.8, 4) is 11.1 Å². The second-order valence-electron chi connectivity index (χ2n) is 5.89. The zero-order valence-corrected chi connectivity index (χ0v) is 13.7. The van der Waals surface area contributed by atoms with Gasteiger partial charge in [-0.15, -0.1) is 0 Å². The topological polar surface area (TPSA) is 77.8 Å². The molecule has 4 nitrogen and oxygen atoms in total. The van der Waals surface area contributed by atoms with Crippen molar-refractivity contribution in [1.82, 2.24) is 9.97 Å². The van der Waals surface area contributed by atoms with Gasteiger partial charge in [-0.1, -0.05) is 6.07 Å². The Hall–Kier alpha value is -3.04. The van der Waals surface area contributed by atoms with Crippen molar-refractivity contribution >= 4 is 22.7 Å². The van der Waals surface area contributed by atoms with Gasteiger partial charge < -0.3 is 11.5 Å². The standard InChI is InChI=1S/C17H12F6N4/c1-7-11(2-3-12-13(7)14(24)27-15(25)26-12)8-4-9(16(18,19)20)6-10(5-8)17(21,22)23/h2-6H,1H3,(H4,24,25,26,27). The Kier molecular flexibility index (Phi) is 4.16. The van der Waals surface area contributed by atoms with E-state index < -0.39 is 23.5 Å². The van der Waals surface area contributed by atoms with Gasteiger partial charge in [0.05, 0.1) is 16.6 Å². The number of anilines is 2. The van der Waals surface area contributed by atoms with E-state index in [4.69, 9.17) is 11.5 Å². The SMILES string of the molecule is Cc1c(-c2cc(C(F)(F)F)cc(C(F)(F)F)c2)ccc2nc(N)nc(N)c12. The maximum absolute atomic E-state index is 13.1. The third kappa shape index (κ3) is 3.46. The first kappa shape index (κ1) is 18.7. The number of fused-ring (bicyclic) bond motifs is 1. The minimum atomic E-state index is -4.93. The highest BCUT2D eigenvalue weighted by molar-refractivity contribution is 5.96. The number of rotatable bonds is 1. The summed E-state index contributed by atoms with van der Waals surface area (Å²) in [5.74, 6) is -0.106. The first-order valence-corrected chi connectivity index (χ1v) is 7.50. The highest BCUT2D eigenvalue weighted by Crippen LogP contribution is 2.40. The summed E-state index contributed by atoms with van der Waals surface area (Å²) in [6, 6.07) is 4.20. The number of halogens is 6. The third-order valence-electron chi connectivity index (χ3n) is 4.07. The van der Waals surface area contributed by atoms with Crippen molar-refractivity contribution in [3.05, 3.63) is 47.0 Å². The van der Waals surface area contributed by atoms with Crippen LogP contribution in [0.5, 0.6) is 0 Å². The highest BCUT2D eigenvalue weighted by Gasteiger charge is 2.37. The van der Waals surface area contributed by atoms with Gasteiger partial charge >= 0.3 is 12.4 Å². The summed E-state index contributed by atoms with van der Waals surface area (Å²) in [4.78, 5) is 7.77. The van der Waals surface area contributed by atoms with E-state index >= 15 is 0 Å². The zero-order valence-electron chi connectivity index (χ0n) is 13.7. The molecule has 2 aromatic carbocycles. The van der Waals surface area contributed by atoms with Crippen LogP contribution in [-0.4, -0.2) is 9.97 Å². The van der Waals surface area contributed by atoms with Gasteiger partial charge in [-0.3, -0.25) is 0 Å². The van der Waals surface area contributed by atoms with E-state index in [0.29, 0.717) is 28.6 Å². The van der Waals surface area contributed by atoms with Gasteiger partial charge in [0.2, 0.25) is 5.95 Å². The van der Waals surface area contributed by atoms with Crippen molar-refractivity contribution in [2.75, 3.05) is 11.5 Å². The van der Waals surface area contributed by atoms with Crippen LogP contribution in [0.2, 0.25) is 0 Å². The fourth-order valence-electron chi connectivity index (χ4n) is 2.86. The van der Waals surface area contributed by atoms with Crippen molar-refractivity contribution in [1.29, 1.82) is 0 Å². The molecule has 0 fully saturated rings. The molecule has 0 aliphatic heterocycles. The van der Waals surface area contributed by atoms with Crippen molar-refractivity contribution in [3.63, 3.8) is 0 Å². The molecule has 0 atom stereocenters. The molecule has 0 spiro atoms. The molecule has 0 amide bonds. The molecule has 27 heavy (non-hydrogen) atoms. The normalized spacial score (nSPS) is 12.6. The molecule has 0 saturated heterocycles. The van der Waals surface area contributed by atoms with E-state index in [2.05, 4.69) is 9.97 Å². The molecule has 1 heterocycles. The Bertz CT molecular complexity index is 1010. The fraction of sp³-hybridized carbons (Fsp3) is 0.176. The Morgan fingerprint density at radius 1 is 0.815 bits per heavy atom. The predicted octanol–water partition coefficient (Wildman–Crippen LogP) is 4.81. The summed E-state index contributed by atoms with van der Waals surface area (Å²) in [7, 11) is 0. The van der Waals surface area contributed by atoms with E-state index in [9.17, 15) is 26.3 Å². The van der Waals surface area contributed by atoms with Gasteiger partial charge in [0.15, 0.2) is 0 Å². The van der Waals surface area contributed by atoms with Crippen LogP contribution in [0.3, 0.4) is 0 Å². The van der Waals surface area contributed by atoms with E-state index in [-0.39, 0.29) is 29.0 Å². The van der Waals surface area contributed by atoms with Crippen LogP contribution in [0.15, 0.2) is 30.3 Å². The maximum atomic E-state index is 13.1. The van der Waals surface area contributed by atoms with Crippen molar-refractivity contribution < 1.29 is 26.3 Å². The van der Waals surface area contributed by atoms with Crippen LogP contribution in [0.1, 0.15) is 16.7 Å². The predicted molar refractivity (Wildman–Crippen MR) is 88.5 cm³/mol. The van der Waals surface area contributed by atoms with Gasteiger partial charge in [-0.2, -0.15) is 31.3 Å². The van der Waals surface area contributed by atoms with Crippen LogP contribution in [-0.2, 0) is 12.4 Å². The molecule has 0 aliphatic rings. The Balaban J connectivity index is 2.32. The maximum Gasteiger partial charge on any atom is 0.416 e. The average molecular weight is 386 g/mol. The molecule has 3 rings (SSSR count). The van der Waals surface area contributed by atoms with E-state index in [1.54, 1.807) is 0 Å². The van der Waals surface area contributed by atoms with E-state index in [1.165, 1.54) is 19.1 Å². The Morgan fingerprint density at radius 3 is 1.89 bits per heavy atom. The molecule has 0 radical (unpaired) electrons. The van der Waals surface area contributed by atoms with Crippen LogP contribution in [0, 0.1) is 6.92 Å². The lowest BCUT2D eigenvalue weighted by molar-refractivity contribution is -0.143. The molecule has 0 aliphatic carbocycles. The smallest absolute Gasteiger partial charge is 0.383 e. The van der Waals surface area contributed by atoms with E-state index in [1.807, 2.05) is 0 Å². The Labute approximate surface area is 148 Å². The molecule has 0 unspecified atom stereocenters. The molecule has 0 bridgehead atoms. The molecular formula is C17H12F6N4. The second kappa shape index (κ2) is 6.00. The fourth-order valence-corrected chi connectivity index (χ4v) is 2.86. The highest BCUT2D eigenvalue weighted by atomic mass is 19.4. The molecule has 3 aromatic rings. The molecule has 0 saturated carbocycles. The summed E-state index contributed by atoms with van der Waals surface area (Å²) < 4.78 is 78.6. The first-order chi connectivity index (χ1) is 12.4. The molecule has 4 N–H and O–H groups in total. The number of nitrogens with two attached hydrogens (primary N) is 2. The van der Waals surface area contributed by atoms with Crippen LogP contribution >= 0.6 is 0 Å². The number of nitrogens with zero attached hydrogens (tertiary/aromatic N) is 2. The van der Waals surface area contributed by atoms with Crippen molar-refractivity contribution in [2.24, 2.45) is 0 Å². The van der Waals surface area contributed by atoms with Crippen LogP contribution < -0.4 is 11.5 Å². The number of alkyl halides is 6. The van der Waals surface area contributed by atoms with Gasteiger partial charge in [0.25, 0.3) is 0 Å². The molecule has 10 heteroatoms. The molecular weight excluding hydrogens is 374 g/mol. The Morgan fingerprint density at radius 2 is 1.37 bits per heavy atom. The summed E-state index contributed by atoms with van der Waals surface area (Å²) in [6.45, 7) is 1.51. The minimum absolute atomic E-state index is 0.0140. The lowest BCUT2D eigenvalue weighted by Crippen LogP contribution is -2.11. The molecule has 1 aromatic heterocycles. The van der Waals surface area contributed by atoms with Gasteiger partial charge in [0.1, 0.15) is 5.82 Å². The number of hydrogen-bond acceptors (Lipinski definition) is 4. The lowest BCUT2D eigenvalue weighted by Gasteiger charge is -2.16. The summed E-state index contributed by atoms with van der Waals surface area (Å²) in [5, 5.41) is 0.313. The van der Waals surface area contributed by atoms with Crippen LogP contribution in [0.4, 0.5) is 38.1 Å². The number of hydrogen-bond donors (Lipinski definition) is 2. The summed E-state index contributed by atoms with van der Waals surface area (Å²) in [6.07, 6.45) is -9.87. The van der Waals surface area contributed by atoms with Gasteiger partial charge in [-0.05, 0) is 47.9 Å². The average Bonchev–Trinajstić information content (AvgIpc) is 2.52. The summed E-state index contributed by atoms with van der Waals surface area (Å²) in [5.41, 5.74) is 9.12. The number of aryl methyl sites for hydroxylation is 1. The molecule has 142 valence electrons. The van der Waals surface area contributed by atoms with E-state index in [0.717, 1.165) is 0 Å². The number of benzene rings is 2. The van der Waals surface area contributed by atoms with Gasteiger partial charge in [0, 0.05) is 5.39 Å². The summed E-state index contributed by atoms with van der Waals surface area (Å²) >= 11 is 0. The zero-order chi connectivity index (χ0) is 20.1. The quantitative estimate of drug-likeness (QED) is 0.589. The largest absolute Gasteiger partial charge is 0.416 e. The number of nitrogen functional groups attached to an aromatic ring is 2. The van der Waals surface area contributed by atoms with Crippen LogP contribution in [0.25, 0.3) is 22.0 Å². The second-order valence-corrected chi connectivity index (χ2v) is 5.89. The first-order valence-electron chi connectivity index (χ1n) is 7.50. The van der Waals surface area contributed by atoms with Crippen molar-refractivity contribution in [2.45, 2.75) is 19.3 Å². The minimum Gasteiger partial charge on any atom is -0.383 e. The monoisotopic (exact) mass is 386 g/mol. The third-order valence-corrected chi connectivity index (χ3v) is 4.07. The number of aromatic nitrogens is 2. The van der Waals surface area contributed by atoms with Gasteiger partial charge in [-0.25, -0.2) is 4.98 Å².